The van der Waals surface area contributed by atoms with Crippen LogP contribution in [-0.2, 0) is 0 Å². The normalized spacial score (nSPS) is 10.8. The molecule has 0 fully saturated rings. The molecule has 0 aliphatic rings. The second kappa shape index (κ2) is 4.55. The average molecular weight is 319 g/mol. The van der Waals surface area contributed by atoms with Crippen LogP contribution in [0.15, 0.2) is 41.3 Å². The molecule has 0 bridgehead atoms. The van der Waals surface area contributed by atoms with Gasteiger partial charge < -0.3 is 10.3 Å². The van der Waals surface area contributed by atoms with Gasteiger partial charge in [-0.25, -0.2) is 4.98 Å². The number of imidazole rings is 1. The molecular weight excluding hydrogens is 308 g/mol. The van der Waals surface area contributed by atoms with Crippen LogP contribution in [0.4, 0.5) is 5.69 Å². The van der Waals surface area contributed by atoms with Crippen LogP contribution in [0.1, 0.15) is 16.2 Å². The maximum Gasteiger partial charge on any atom is 0.272 e. The average Bonchev–Trinajstić information content (AvgIpc) is 3.01. The van der Waals surface area contributed by atoms with Crippen LogP contribution in [-0.4, -0.2) is 20.3 Å². The van der Waals surface area contributed by atoms with E-state index < -0.39 is 0 Å². The molecular formula is C13H11BrN4O. The first-order valence-corrected chi connectivity index (χ1v) is 6.53. The largest absolute Gasteiger partial charge is 0.357 e. The number of carbonyl (C=O) groups excluding carboxylic acids is 1. The molecule has 5 nitrogen and oxygen atoms in total. The van der Waals surface area contributed by atoms with Crippen molar-refractivity contribution in [3.63, 3.8) is 0 Å². The third kappa shape index (κ3) is 2.15. The molecule has 2 N–H and O–H groups in total. The van der Waals surface area contributed by atoms with Gasteiger partial charge >= 0.3 is 0 Å². The Morgan fingerprint density at radius 2 is 2.26 bits per heavy atom. The molecule has 0 saturated carbocycles. The molecule has 3 heterocycles. The van der Waals surface area contributed by atoms with Crippen molar-refractivity contribution < 1.29 is 4.79 Å². The number of anilines is 1. The predicted octanol–water partition coefficient (Wildman–Crippen LogP) is 2.99. The fraction of sp³-hybridized carbons (Fsp3) is 0.0769. The monoisotopic (exact) mass is 318 g/mol. The summed E-state index contributed by atoms with van der Waals surface area (Å²) < 4.78 is 2.78. The van der Waals surface area contributed by atoms with Crippen LogP contribution in [0, 0.1) is 6.92 Å². The second-order valence-electron chi connectivity index (χ2n) is 4.17. The third-order valence-electron chi connectivity index (χ3n) is 2.82. The Balaban J connectivity index is 1.93. The lowest BCUT2D eigenvalue weighted by Crippen LogP contribution is -2.12. The molecule has 3 rings (SSSR count). The van der Waals surface area contributed by atoms with E-state index in [1.165, 1.54) is 0 Å². The highest BCUT2D eigenvalue weighted by Crippen LogP contribution is 2.20. The van der Waals surface area contributed by atoms with Crippen LogP contribution in [0.3, 0.4) is 0 Å². The number of aromatic amines is 1. The number of carbonyl (C=O) groups is 1. The minimum atomic E-state index is -0.169. The summed E-state index contributed by atoms with van der Waals surface area (Å²) in [6.45, 7) is 1.92. The molecule has 6 heteroatoms. The minimum Gasteiger partial charge on any atom is -0.357 e. The molecule has 0 saturated heterocycles. The molecule has 19 heavy (non-hydrogen) atoms. The zero-order chi connectivity index (χ0) is 13.4. The van der Waals surface area contributed by atoms with E-state index >= 15 is 0 Å². The summed E-state index contributed by atoms with van der Waals surface area (Å²) in [5.74, 6) is -0.169. The molecule has 0 unspecified atom stereocenters. The van der Waals surface area contributed by atoms with Gasteiger partial charge in [0.2, 0.25) is 0 Å². The molecule has 1 amide bonds. The molecule has 0 radical (unpaired) electrons. The first kappa shape index (κ1) is 12.0. The van der Waals surface area contributed by atoms with Crippen molar-refractivity contribution in [3.8, 4) is 0 Å². The van der Waals surface area contributed by atoms with Crippen LogP contribution in [0.2, 0.25) is 0 Å². The number of hydrogen-bond acceptors (Lipinski definition) is 2. The fourth-order valence-corrected chi connectivity index (χ4v) is 2.25. The number of nitrogens with one attached hydrogen (secondary N) is 2. The van der Waals surface area contributed by atoms with E-state index in [4.69, 9.17) is 0 Å². The Kier molecular flexibility index (Phi) is 2.87. The zero-order valence-corrected chi connectivity index (χ0v) is 11.7. The van der Waals surface area contributed by atoms with Crippen LogP contribution < -0.4 is 5.32 Å². The Morgan fingerprint density at radius 3 is 3.00 bits per heavy atom. The number of hydrogen-bond donors (Lipinski definition) is 2. The van der Waals surface area contributed by atoms with E-state index in [0.29, 0.717) is 11.4 Å². The lowest BCUT2D eigenvalue weighted by Gasteiger charge is -2.05. The number of H-pyrrole nitrogens is 1. The van der Waals surface area contributed by atoms with Crippen LogP contribution in [0.5, 0.6) is 0 Å². The molecule has 0 aliphatic carbocycles. The van der Waals surface area contributed by atoms with Gasteiger partial charge in [0.05, 0.1) is 11.4 Å². The van der Waals surface area contributed by atoms with Crippen molar-refractivity contribution in [2.45, 2.75) is 6.92 Å². The number of rotatable bonds is 2. The van der Waals surface area contributed by atoms with Crippen molar-refractivity contribution >= 4 is 33.2 Å². The Labute approximate surface area is 117 Å². The summed E-state index contributed by atoms with van der Waals surface area (Å²) in [5, 5.41) is 2.83. The number of nitrogens with zero attached hydrogens (tertiary/aromatic N) is 2. The van der Waals surface area contributed by atoms with Gasteiger partial charge in [-0.15, -0.1) is 0 Å². The minimum absolute atomic E-state index is 0.169. The summed E-state index contributed by atoms with van der Waals surface area (Å²) in [6.07, 6.45) is 3.55. The van der Waals surface area contributed by atoms with Crippen molar-refractivity contribution in [1.82, 2.24) is 14.4 Å². The van der Waals surface area contributed by atoms with Gasteiger partial charge in [-0.05, 0) is 47.1 Å². The number of halogens is 1. The third-order valence-corrected chi connectivity index (χ3v) is 3.78. The standard InChI is InChI=1S/C13H11BrN4O/c1-8-12(14)18-7-9(4-5-11(18)16-8)17-13(19)10-3-2-6-15-10/h2-7,15H,1H3,(H,17,19). The van der Waals surface area contributed by atoms with Gasteiger partial charge in [0.1, 0.15) is 15.9 Å². The van der Waals surface area contributed by atoms with Gasteiger partial charge in [-0.2, -0.15) is 0 Å². The van der Waals surface area contributed by atoms with E-state index in [2.05, 4.69) is 31.2 Å². The van der Waals surface area contributed by atoms with Crippen LogP contribution in [0.25, 0.3) is 5.65 Å². The smallest absolute Gasteiger partial charge is 0.272 e. The Bertz CT molecular complexity index is 745. The van der Waals surface area contributed by atoms with E-state index in [9.17, 15) is 4.79 Å². The highest BCUT2D eigenvalue weighted by Gasteiger charge is 2.09. The topological polar surface area (TPSA) is 62.2 Å². The van der Waals surface area contributed by atoms with Crippen molar-refractivity contribution in [2.75, 3.05) is 5.32 Å². The SMILES string of the molecule is Cc1nc2ccc(NC(=O)c3ccc[nH]3)cn2c1Br. The summed E-state index contributed by atoms with van der Waals surface area (Å²) >= 11 is 3.47. The van der Waals surface area contributed by atoms with Gasteiger partial charge in [-0.3, -0.25) is 9.20 Å². The van der Waals surface area contributed by atoms with Crippen molar-refractivity contribution in [2.24, 2.45) is 0 Å². The number of fused-ring (bicyclic) bond motifs is 1. The summed E-state index contributed by atoms with van der Waals surface area (Å²) in [7, 11) is 0. The summed E-state index contributed by atoms with van der Waals surface area (Å²) in [4.78, 5) is 19.2. The van der Waals surface area contributed by atoms with Gasteiger partial charge in [0, 0.05) is 12.4 Å². The number of amides is 1. The van der Waals surface area contributed by atoms with Gasteiger partial charge in [0.15, 0.2) is 0 Å². The fourth-order valence-electron chi connectivity index (χ4n) is 1.88. The molecule has 3 aromatic heterocycles. The summed E-state index contributed by atoms with van der Waals surface area (Å²) in [6, 6.07) is 7.20. The first-order chi connectivity index (χ1) is 9.15. The molecule has 0 aliphatic heterocycles. The first-order valence-electron chi connectivity index (χ1n) is 5.74. The molecule has 96 valence electrons. The van der Waals surface area contributed by atoms with Gasteiger partial charge in [0.25, 0.3) is 5.91 Å². The van der Waals surface area contributed by atoms with Crippen LogP contribution >= 0.6 is 15.9 Å². The van der Waals surface area contributed by atoms with E-state index in [-0.39, 0.29) is 5.91 Å². The second-order valence-corrected chi connectivity index (χ2v) is 4.92. The Hall–Kier alpha value is -2.08. The highest BCUT2D eigenvalue weighted by atomic mass is 79.9. The predicted molar refractivity (Wildman–Crippen MR) is 76.4 cm³/mol. The van der Waals surface area contributed by atoms with Gasteiger partial charge in [-0.1, -0.05) is 0 Å². The van der Waals surface area contributed by atoms with E-state index in [1.54, 1.807) is 18.3 Å². The quantitative estimate of drug-likeness (QED) is 0.763. The molecule has 0 spiro atoms. The van der Waals surface area contributed by atoms with Crippen molar-refractivity contribution in [3.05, 3.63) is 52.7 Å². The molecule has 0 atom stereocenters. The van der Waals surface area contributed by atoms with E-state index in [0.717, 1.165) is 15.9 Å². The molecule has 0 aromatic carbocycles. The summed E-state index contributed by atoms with van der Waals surface area (Å²) in [5.41, 5.74) is 2.99. The van der Waals surface area contributed by atoms with Crippen molar-refractivity contribution in [1.29, 1.82) is 0 Å². The zero-order valence-electron chi connectivity index (χ0n) is 10.1. The number of aryl methyl sites for hydroxylation is 1. The lowest BCUT2D eigenvalue weighted by molar-refractivity contribution is 0.102. The Morgan fingerprint density at radius 1 is 1.42 bits per heavy atom. The number of aromatic nitrogens is 3. The molecule has 3 aromatic rings. The maximum atomic E-state index is 11.9. The highest BCUT2D eigenvalue weighted by molar-refractivity contribution is 9.10. The lowest BCUT2D eigenvalue weighted by atomic mass is 10.3. The van der Waals surface area contributed by atoms with E-state index in [1.807, 2.05) is 29.7 Å². The maximum absolute atomic E-state index is 11.9. The number of pyridine rings is 1.